The van der Waals surface area contributed by atoms with Gasteiger partial charge >= 0.3 is 0 Å². The molecule has 0 aromatic rings. The Kier molecular flexibility index (Phi) is 49.8. The summed E-state index contributed by atoms with van der Waals surface area (Å²) in [4.78, 5) is 12.6. The summed E-state index contributed by atoms with van der Waals surface area (Å²) in [5, 5.41) is 44.0. The highest BCUT2D eigenvalue weighted by Gasteiger charge is 2.28. The zero-order valence-electron chi connectivity index (χ0n) is 41.6. The normalized spacial score (nSPS) is 14.0. The topological polar surface area (TPSA) is 110 Å². The number of hydrogen-bond acceptors (Lipinski definition) is 5. The first kappa shape index (κ1) is 60.8. The van der Waals surface area contributed by atoms with E-state index in [4.69, 9.17) is 0 Å². The van der Waals surface area contributed by atoms with Crippen LogP contribution in [0.3, 0.4) is 0 Å². The van der Waals surface area contributed by atoms with Crippen molar-refractivity contribution in [1.29, 1.82) is 0 Å². The van der Waals surface area contributed by atoms with Gasteiger partial charge in [-0.1, -0.05) is 276 Å². The van der Waals surface area contributed by atoms with E-state index in [0.717, 1.165) is 44.9 Å². The lowest BCUT2D eigenvalue weighted by molar-refractivity contribution is -0.132. The maximum atomic E-state index is 12.6. The van der Waals surface area contributed by atoms with E-state index < -0.39 is 36.9 Å². The third-order valence-electron chi connectivity index (χ3n) is 13.2. The van der Waals surface area contributed by atoms with Gasteiger partial charge in [-0.15, -0.1) is 0 Å². The summed E-state index contributed by atoms with van der Waals surface area (Å²) in [5.41, 5.74) is 0. The Bertz CT molecular complexity index is 939. The number of nitrogens with one attached hydrogen (secondary N) is 1. The molecule has 6 heteroatoms. The highest BCUT2D eigenvalue weighted by molar-refractivity contribution is 5.80. The Hall–Kier alpha value is -1.21. The zero-order valence-corrected chi connectivity index (χ0v) is 41.6. The molecule has 62 heavy (non-hydrogen) atoms. The van der Waals surface area contributed by atoms with Crippen molar-refractivity contribution in [3.63, 3.8) is 0 Å². The average Bonchev–Trinajstić information content (AvgIpc) is 3.28. The van der Waals surface area contributed by atoms with E-state index in [2.05, 4.69) is 43.5 Å². The number of unbranched alkanes of at least 4 members (excludes halogenated alkanes) is 38. The van der Waals surface area contributed by atoms with Crippen LogP contribution in [-0.4, -0.2) is 57.3 Å². The lowest BCUT2D eigenvalue weighted by atomic mass is 9.99. The van der Waals surface area contributed by atoms with Gasteiger partial charge in [0.25, 0.3) is 0 Å². The smallest absolute Gasteiger partial charge is 0.249 e. The molecule has 4 unspecified atom stereocenters. The van der Waals surface area contributed by atoms with E-state index in [1.54, 1.807) is 0 Å². The molecule has 0 radical (unpaired) electrons. The number of aliphatic hydroxyl groups is 4. The van der Waals surface area contributed by atoms with E-state index in [1.807, 2.05) is 0 Å². The summed E-state index contributed by atoms with van der Waals surface area (Å²) in [6.07, 6.45) is 60.9. The Labute approximate surface area is 386 Å². The molecule has 0 saturated carbocycles. The summed E-state index contributed by atoms with van der Waals surface area (Å²) in [7, 11) is 0. The first-order valence-electron chi connectivity index (χ1n) is 27.7. The fourth-order valence-corrected chi connectivity index (χ4v) is 8.79. The van der Waals surface area contributed by atoms with Gasteiger partial charge in [-0.05, 0) is 44.9 Å². The van der Waals surface area contributed by atoms with Crippen LogP contribution in [0.25, 0.3) is 0 Å². The summed E-state index contributed by atoms with van der Waals surface area (Å²) < 4.78 is 0. The molecule has 4 atom stereocenters. The molecule has 0 rings (SSSR count). The minimum Gasteiger partial charge on any atom is -0.394 e. The van der Waals surface area contributed by atoms with Gasteiger partial charge in [0, 0.05) is 0 Å². The van der Waals surface area contributed by atoms with Crippen LogP contribution < -0.4 is 5.32 Å². The van der Waals surface area contributed by atoms with Gasteiger partial charge in [-0.3, -0.25) is 4.79 Å². The minimum atomic E-state index is -1.26. The molecule has 0 aliphatic rings. The Balaban J connectivity index is 3.64. The largest absolute Gasteiger partial charge is 0.394 e. The summed E-state index contributed by atoms with van der Waals surface area (Å²) >= 11 is 0. The zero-order chi connectivity index (χ0) is 45.2. The van der Waals surface area contributed by atoms with Crippen LogP contribution in [-0.2, 0) is 4.79 Å². The molecular formula is C56H109NO5. The lowest BCUT2D eigenvalue weighted by Crippen LogP contribution is -2.53. The van der Waals surface area contributed by atoms with Crippen LogP contribution in [0.15, 0.2) is 24.3 Å². The SMILES string of the molecule is CCCCCCCCCCC/C=C\C/C=C\CCCCCCCCCCCCC(O)C(=O)NC(CO)C(O)C(O)CCCCCCCCCCCCCCCCCCCCCC. The second kappa shape index (κ2) is 50.8. The third kappa shape index (κ3) is 44.0. The van der Waals surface area contributed by atoms with E-state index in [0.29, 0.717) is 12.8 Å². The van der Waals surface area contributed by atoms with E-state index in [9.17, 15) is 25.2 Å². The molecule has 5 N–H and O–H groups in total. The average molecular weight is 876 g/mol. The maximum Gasteiger partial charge on any atom is 0.249 e. The maximum absolute atomic E-state index is 12.6. The van der Waals surface area contributed by atoms with Crippen molar-refractivity contribution >= 4 is 5.91 Å². The predicted molar refractivity (Wildman–Crippen MR) is 270 cm³/mol. The van der Waals surface area contributed by atoms with Gasteiger partial charge in [0.05, 0.1) is 18.8 Å². The molecule has 368 valence electrons. The van der Waals surface area contributed by atoms with Gasteiger partial charge in [0.15, 0.2) is 0 Å². The van der Waals surface area contributed by atoms with Crippen LogP contribution in [0.1, 0.15) is 296 Å². The van der Waals surface area contributed by atoms with Crippen LogP contribution in [0.4, 0.5) is 0 Å². The summed E-state index contributed by atoms with van der Waals surface area (Å²) in [6.45, 7) is 4.08. The first-order valence-corrected chi connectivity index (χ1v) is 27.7. The molecule has 0 bridgehead atoms. The molecular weight excluding hydrogens is 767 g/mol. The fraction of sp³-hybridized carbons (Fsp3) is 0.911. The van der Waals surface area contributed by atoms with Crippen molar-refractivity contribution in [3.8, 4) is 0 Å². The number of carbonyl (C=O) groups is 1. The summed E-state index contributed by atoms with van der Waals surface area (Å²) in [5.74, 6) is -0.582. The van der Waals surface area contributed by atoms with Gasteiger partial charge in [0.2, 0.25) is 5.91 Å². The molecule has 0 spiro atoms. The molecule has 1 amide bonds. The number of aliphatic hydroxyl groups excluding tert-OH is 4. The molecule has 0 fully saturated rings. The van der Waals surface area contributed by atoms with E-state index in [1.165, 1.54) is 225 Å². The van der Waals surface area contributed by atoms with Crippen LogP contribution in [0.2, 0.25) is 0 Å². The highest BCUT2D eigenvalue weighted by Crippen LogP contribution is 2.18. The number of rotatable bonds is 51. The van der Waals surface area contributed by atoms with Crippen LogP contribution in [0, 0.1) is 0 Å². The Morgan fingerprint density at radius 3 is 1.02 bits per heavy atom. The van der Waals surface area contributed by atoms with Crippen molar-refractivity contribution in [1.82, 2.24) is 5.32 Å². The molecule has 0 heterocycles. The van der Waals surface area contributed by atoms with Crippen molar-refractivity contribution in [2.45, 2.75) is 321 Å². The second-order valence-corrected chi connectivity index (χ2v) is 19.3. The van der Waals surface area contributed by atoms with Crippen molar-refractivity contribution in [3.05, 3.63) is 24.3 Å². The van der Waals surface area contributed by atoms with Gasteiger partial charge in [-0.2, -0.15) is 0 Å². The predicted octanol–water partition coefficient (Wildman–Crippen LogP) is 15.9. The van der Waals surface area contributed by atoms with Gasteiger partial charge in [-0.25, -0.2) is 0 Å². The highest BCUT2D eigenvalue weighted by atomic mass is 16.3. The van der Waals surface area contributed by atoms with E-state index >= 15 is 0 Å². The minimum absolute atomic E-state index is 0.367. The molecule has 0 aromatic carbocycles. The van der Waals surface area contributed by atoms with Crippen LogP contribution in [0.5, 0.6) is 0 Å². The van der Waals surface area contributed by atoms with Gasteiger partial charge < -0.3 is 25.7 Å². The number of carbonyl (C=O) groups excluding carboxylic acids is 1. The van der Waals surface area contributed by atoms with E-state index in [-0.39, 0.29) is 0 Å². The monoisotopic (exact) mass is 876 g/mol. The quantitative estimate of drug-likeness (QED) is 0.0309. The second-order valence-electron chi connectivity index (χ2n) is 19.3. The Morgan fingerprint density at radius 1 is 0.403 bits per heavy atom. The molecule has 0 aliphatic carbocycles. The summed E-state index contributed by atoms with van der Waals surface area (Å²) in [6, 6.07) is -0.986. The van der Waals surface area contributed by atoms with Crippen molar-refractivity contribution in [2.24, 2.45) is 0 Å². The fourth-order valence-electron chi connectivity index (χ4n) is 8.79. The third-order valence-corrected chi connectivity index (χ3v) is 13.2. The number of allylic oxidation sites excluding steroid dienone is 4. The number of amides is 1. The molecule has 6 nitrogen and oxygen atoms in total. The lowest BCUT2D eigenvalue weighted by Gasteiger charge is -2.27. The molecule has 0 aromatic heterocycles. The number of hydrogen-bond donors (Lipinski definition) is 5. The van der Waals surface area contributed by atoms with Crippen molar-refractivity contribution < 1.29 is 25.2 Å². The Morgan fingerprint density at radius 2 is 0.694 bits per heavy atom. The molecule has 0 aliphatic heterocycles. The molecule has 0 saturated heterocycles. The van der Waals surface area contributed by atoms with Crippen LogP contribution >= 0.6 is 0 Å². The van der Waals surface area contributed by atoms with Crippen molar-refractivity contribution in [2.75, 3.05) is 6.61 Å². The van der Waals surface area contributed by atoms with Gasteiger partial charge in [0.1, 0.15) is 12.2 Å². The standard InChI is InChI=1S/C56H109NO5/c1-3-5-7-9-11-13-15-17-19-21-23-25-26-27-28-29-30-32-34-36-38-40-42-44-46-48-50-54(60)56(62)57-52(51-58)55(61)53(59)49-47-45-43-41-39-37-35-33-31-24-22-20-18-16-14-12-10-8-6-4-2/h23,25,27-28,52-55,58-61H,3-22,24,26,29-51H2,1-2H3,(H,57,62)/b25-23-,28-27-. The first-order chi connectivity index (χ1) is 30.5.